The van der Waals surface area contributed by atoms with Crippen molar-refractivity contribution in [3.63, 3.8) is 0 Å². The molecule has 0 saturated carbocycles. The largest absolute Gasteiger partial charge is 0.479 e. The maximum atomic E-state index is 13.0. The molecule has 0 aromatic carbocycles. The zero-order valence-corrected chi connectivity index (χ0v) is 9.90. The smallest absolute Gasteiger partial charge is 0.340 e. The average molecular weight is 304 g/mol. The van der Waals surface area contributed by atoms with Gasteiger partial charge in [0.1, 0.15) is 0 Å². The Morgan fingerprint density at radius 1 is 0.857 bits per heavy atom. The SMILES string of the molecule is N#CC(C(=O)OC(=O)C(C#N)C(F)C(=O)O)C(F)C(=O)O. The van der Waals surface area contributed by atoms with Crippen LogP contribution in [0.3, 0.4) is 0 Å². The number of hydrogen-bond acceptors (Lipinski definition) is 7. The summed E-state index contributed by atoms with van der Waals surface area (Å²) in [5, 5.41) is 33.4. The van der Waals surface area contributed by atoms with Crippen LogP contribution >= 0.6 is 0 Å². The molecule has 0 aromatic heterocycles. The molecule has 0 aliphatic heterocycles. The van der Waals surface area contributed by atoms with Crippen molar-refractivity contribution in [2.75, 3.05) is 0 Å². The zero-order chi connectivity index (χ0) is 16.7. The van der Waals surface area contributed by atoms with Crippen molar-refractivity contribution in [2.45, 2.75) is 12.3 Å². The van der Waals surface area contributed by atoms with Crippen LogP contribution in [0.15, 0.2) is 0 Å². The number of hydrogen-bond donors (Lipinski definition) is 2. The molecule has 0 amide bonds. The minimum absolute atomic E-state index is 0.922. The second kappa shape index (κ2) is 7.49. The van der Waals surface area contributed by atoms with E-state index in [1.54, 1.807) is 0 Å². The predicted octanol–water partition coefficient (Wildman–Crippen LogP) is -0.819. The number of carboxylic acid groups (broad SMARTS) is 2. The van der Waals surface area contributed by atoms with Crippen molar-refractivity contribution < 1.29 is 42.9 Å². The van der Waals surface area contributed by atoms with E-state index in [1.807, 2.05) is 0 Å². The monoisotopic (exact) mass is 304 g/mol. The molecule has 0 aromatic rings. The van der Waals surface area contributed by atoms with Crippen LogP contribution < -0.4 is 0 Å². The molecule has 9 nitrogen and oxygen atoms in total. The number of nitrogens with zero attached hydrogens (tertiary/aromatic N) is 2. The quantitative estimate of drug-likeness (QED) is 0.470. The third kappa shape index (κ3) is 4.50. The first-order valence-corrected chi connectivity index (χ1v) is 4.95. The van der Waals surface area contributed by atoms with Crippen molar-refractivity contribution in [3.05, 3.63) is 0 Å². The number of rotatable bonds is 6. The molecule has 0 rings (SSSR count). The number of halogens is 2. The van der Waals surface area contributed by atoms with Crippen molar-refractivity contribution >= 4 is 23.9 Å². The van der Waals surface area contributed by atoms with Gasteiger partial charge in [0.05, 0.1) is 12.1 Å². The fraction of sp³-hybridized carbons (Fsp3) is 0.400. The molecule has 0 heterocycles. The fourth-order valence-electron chi connectivity index (χ4n) is 0.987. The van der Waals surface area contributed by atoms with E-state index >= 15 is 0 Å². The van der Waals surface area contributed by atoms with Gasteiger partial charge in [-0.1, -0.05) is 0 Å². The van der Waals surface area contributed by atoms with Crippen LogP contribution in [0, 0.1) is 34.5 Å². The Kier molecular flexibility index (Phi) is 6.40. The summed E-state index contributed by atoms with van der Waals surface area (Å²) in [6.45, 7) is 0. The van der Waals surface area contributed by atoms with Crippen molar-refractivity contribution in [1.29, 1.82) is 10.5 Å². The summed E-state index contributed by atoms with van der Waals surface area (Å²) in [5.74, 6) is -13.4. The number of ether oxygens (including phenoxy) is 1. The van der Waals surface area contributed by atoms with E-state index in [0.717, 1.165) is 12.1 Å². The van der Waals surface area contributed by atoms with Crippen LogP contribution in [0.2, 0.25) is 0 Å². The number of carboxylic acids is 2. The molecule has 0 fully saturated rings. The topological polar surface area (TPSA) is 166 Å². The molecule has 0 aliphatic rings. The van der Waals surface area contributed by atoms with Gasteiger partial charge in [-0.05, 0) is 0 Å². The number of aliphatic carboxylic acids is 2. The highest BCUT2D eigenvalue weighted by molar-refractivity contribution is 5.94. The van der Waals surface area contributed by atoms with E-state index in [9.17, 15) is 28.0 Å². The van der Waals surface area contributed by atoms with Gasteiger partial charge >= 0.3 is 23.9 Å². The summed E-state index contributed by atoms with van der Waals surface area (Å²) < 4.78 is 29.8. The van der Waals surface area contributed by atoms with Crippen LogP contribution in [0.1, 0.15) is 0 Å². The van der Waals surface area contributed by atoms with E-state index in [2.05, 4.69) is 4.74 Å². The van der Waals surface area contributed by atoms with Crippen LogP contribution in [-0.2, 0) is 23.9 Å². The molecule has 0 radical (unpaired) electrons. The van der Waals surface area contributed by atoms with E-state index in [0.29, 0.717) is 0 Å². The fourth-order valence-corrected chi connectivity index (χ4v) is 0.987. The Morgan fingerprint density at radius 3 is 1.33 bits per heavy atom. The molecule has 0 aliphatic carbocycles. The Hall–Kier alpha value is -3.08. The van der Waals surface area contributed by atoms with Crippen LogP contribution in [0.5, 0.6) is 0 Å². The lowest BCUT2D eigenvalue weighted by atomic mass is 10.0. The molecule has 0 spiro atoms. The normalized spacial score (nSPS) is 15.4. The average Bonchev–Trinajstić information content (AvgIpc) is 2.39. The number of esters is 2. The molecule has 0 saturated heterocycles. The zero-order valence-electron chi connectivity index (χ0n) is 9.90. The van der Waals surface area contributed by atoms with E-state index in [-0.39, 0.29) is 0 Å². The van der Waals surface area contributed by atoms with Gasteiger partial charge < -0.3 is 14.9 Å². The van der Waals surface area contributed by atoms with Gasteiger partial charge in [0.25, 0.3) is 0 Å². The third-order valence-electron chi connectivity index (χ3n) is 2.04. The predicted molar refractivity (Wildman–Crippen MR) is 54.4 cm³/mol. The van der Waals surface area contributed by atoms with Gasteiger partial charge in [-0.2, -0.15) is 10.5 Å². The maximum Gasteiger partial charge on any atom is 0.340 e. The minimum Gasteiger partial charge on any atom is -0.479 e. The third-order valence-corrected chi connectivity index (χ3v) is 2.04. The van der Waals surface area contributed by atoms with Crippen LogP contribution in [-0.4, -0.2) is 46.4 Å². The summed E-state index contributed by atoms with van der Waals surface area (Å²) in [6.07, 6.45) is -6.03. The van der Waals surface area contributed by atoms with E-state index in [1.165, 1.54) is 0 Å². The Labute approximate surface area is 114 Å². The molecule has 2 N–H and O–H groups in total. The molecule has 11 heteroatoms. The van der Waals surface area contributed by atoms with Gasteiger partial charge in [-0.15, -0.1) is 0 Å². The van der Waals surface area contributed by atoms with Gasteiger partial charge in [0.2, 0.25) is 12.3 Å². The first-order chi connectivity index (χ1) is 9.67. The summed E-state index contributed by atoms with van der Waals surface area (Å²) >= 11 is 0. The lowest BCUT2D eigenvalue weighted by molar-refractivity contribution is -0.169. The molecule has 0 bridgehead atoms. The first kappa shape index (κ1) is 17.9. The van der Waals surface area contributed by atoms with Gasteiger partial charge in [0, 0.05) is 0 Å². The van der Waals surface area contributed by atoms with Crippen molar-refractivity contribution in [3.8, 4) is 12.1 Å². The number of alkyl halides is 2. The first-order valence-electron chi connectivity index (χ1n) is 4.95. The highest BCUT2D eigenvalue weighted by Gasteiger charge is 2.41. The van der Waals surface area contributed by atoms with Crippen LogP contribution in [0.4, 0.5) is 8.78 Å². The Bertz CT molecular complexity index is 503. The molecule has 4 unspecified atom stereocenters. The molecule has 4 atom stereocenters. The molecule has 21 heavy (non-hydrogen) atoms. The highest BCUT2D eigenvalue weighted by Crippen LogP contribution is 2.14. The molecule has 112 valence electrons. The Balaban J connectivity index is 5.04. The Morgan fingerprint density at radius 2 is 1.14 bits per heavy atom. The van der Waals surface area contributed by atoms with Gasteiger partial charge in [0.15, 0.2) is 11.8 Å². The maximum absolute atomic E-state index is 13.0. The summed E-state index contributed by atoms with van der Waals surface area (Å²) in [6, 6.07) is 1.84. The van der Waals surface area contributed by atoms with Gasteiger partial charge in [-0.25, -0.2) is 18.4 Å². The second-order valence-corrected chi connectivity index (χ2v) is 3.43. The van der Waals surface area contributed by atoms with Gasteiger partial charge in [-0.3, -0.25) is 9.59 Å². The standard InChI is InChI=1S/C10H6F2N2O7/c11-5(7(15)16)3(1-13)9(19)21-10(20)4(2-14)6(12)8(17)18/h3-6H,(H,15,16)(H,17,18). The van der Waals surface area contributed by atoms with E-state index in [4.69, 9.17) is 20.7 Å². The van der Waals surface area contributed by atoms with Crippen LogP contribution in [0.25, 0.3) is 0 Å². The number of carbonyl (C=O) groups excluding carboxylic acids is 2. The van der Waals surface area contributed by atoms with E-state index < -0.39 is 48.1 Å². The summed E-state index contributed by atoms with van der Waals surface area (Å²) in [5.41, 5.74) is 0. The summed E-state index contributed by atoms with van der Waals surface area (Å²) in [4.78, 5) is 42.9. The number of nitriles is 2. The van der Waals surface area contributed by atoms with Crippen molar-refractivity contribution in [1.82, 2.24) is 0 Å². The highest BCUT2D eigenvalue weighted by atomic mass is 19.1. The lowest BCUT2D eigenvalue weighted by Crippen LogP contribution is -2.37. The number of carbonyl (C=O) groups is 4. The van der Waals surface area contributed by atoms with Crippen molar-refractivity contribution in [2.24, 2.45) is 11.8 Å². The molecular formula is C10H6F2N2O7. The molecular weight excluding hydrogens is 298 g/mol. The lowest BCUT2D eigenvalue weighted by Gasteiger charge is -2.12. The minimum atomic E-state index is -3.02. The second-order valence-electron chi connectivity index (χ2n) is 3.43. The summed E-state index contributed by atoms with van der Waals surface area (Å²) in [7, 11) is 0.